The van der Waals surface area contributed by atoms with Gasteiger partial charge in [0.1, 0.15) is 0 Å². The summed E-state index contributed by atoms with van der Waals surface area (Å²) in [6.07, 6.45) is 15.1. The molecule has 0 aromatic rings. The van der Waals surface area contributed by atoms with Crippen LogP contribution in [-0.2, 0) is 0 Å². The van der Waals surface area contributed by atoms with Gasteiger partial charge in [0.15, 0.2) is 0 Å². The minimum Gasteiger partial charge on any atom is -0.0798 e. The molecule has 0 heterocycles. The largest absolute Gasteiger partial charge is 0.0798 e. The van der Waals surface area contributed by atoms with Gasteiger partial charge in [0.25, 0.3) is 0 Å². The number of hydrogen-bond acceptors (Lipinski definition) is 0. The molecule has 2 bridgehead atoms. The summed E-state index contributed by atoms with van der Waals surface area (Å²) in [6, 6.07) is 0. The van der Waals surface area contributed by atoms with Gasteiger partial charge in [-0.2, -0.15) is 0 Å². The summed E-state index contributed by atoms with van der Waals surface area (Å²) < 4.78 is 0. The molecular weight excluding hydrogens is 144 g/mol. The lowest BCUT2D eigenvalue weighted by molar-refractivity contribution is 0.383. The number of allylic oxidation sites excluding steroid dienone is 4. The quantitative estimate of drug-likeness (QED) is 0.551. The van der Waals surface area contributed by atoms with Crippen LogP contribution in [0.5, 0.6) is 0 Å². The molecule has 0 spiro atoms. The van der Waals surface area contributed by atoms with Crippen LogP contribution in [0.3, 0.4) is 0 Å². The summed E-state index contributed by atoms with van der Waals surface area (Å²) in [7, 11) is 0. The first-order valence-electron chi connectivity index (χ1n) is 5.21. The van der Waals surface area contributed by atoms with Crippen molar-refractivity contribution in [3.8, 4) is 0 Å². The Morgan fingerprint density at radius 1 is 1.25 bits per heavy atom. The van der Waals surface area contributed by atoms with E-state index in [2.05, 4.69) is 18.2 Å². The Morgan fingerprint density at radius 2 is 2.25 bits per heavy atom. The van der Waals surface area contributed by atoms with E-state index in [1.54, 1.807) is 5.57 Å². The van der Waals surface area contributed by atoms with Crippen LogP contribution in [0, 0.1) is 23.8 Å². The zero-order chi connectivity index (χ0) is 7.97. The fourth-order valence-corrected chi connectivity index (χ4v) is 3.30. The zero-order valence-electron chi connectivity index (χ0n) is 7.42. The summed E-state index contributed by atoms with van der Waals surface area (Å²) in [6.45, 7) is 0. The van der Waals surface area contributed by atoms with E-state index in [-0.39, 0.29) is 0 Å². The van der Waals surface area contributed by atoms with Crippen LogP contribution in [0.25, 0.3) is 0 Å². The van der Waals surface area contributed by atoms with Crippen molar-refractivity contribution >= 4 is 0 Å². The van der Waals surface area contributed by atoms with E-state index in [0.717, 1.165) is 24.2 Å². The number of rotatable bonds is 1. The normalized spacial score (nSPS) is 44.0. The lowest BCUT2D eigenvalue weighted by atomic mass is 9.83. The highest BCUT2D eigenvalue weighted by Crippen LogP contribution is 2.51. The first kappa shape index (κ1) is 6.94. The molecular formula is C12H15. The molecule has 3 aliphatic rings. The molecule has 0 aromatic carbocycles. The molecule has 1 radical (unpaired) electrons. The van der Waals surface area contributed by atoms with Crippen molar-refractivity contribution in [2.24, 2.45) is 17.8 Å². The molecule has 0 saturated heterocycles. The monoisotopic (exact) mass is 159 g/mol. The van der Waals surface area contributed by atoms with Crippen molar-refractivity contribution in [3.05, 3.63) is 23.8 Å². The molecule has 12 heavy (non-hydrogen) atoms. The highest BCUT2D eigenvalue weighted by molar-refractivity contribution is 5.27. The molecule has 3 rings (SSSR count). The maximum Gasteiger partial charge on any atom is -0.00884 e. The van der Waals surface area contributed by atoms with Crippen LogP contribution >= 0.6 is 0 Å². The summed E-state index contributed by atoms with van der Waals surface area (Å²) in [5.41, 5.74) is 1.54. The minimum atomic E-state index is 0.905. The third-order valence-corrected chi connectivity index (χ3v) is 3.86. The maximum atomic E-state index is 3.49. The summed E-state index contributed by atoms with van der Waals surface area (Å²) >= 11 is 0. The van der Waals surface area contributed by atoms with Gasteiger partial charge in [0, 0.05) is 0 Å². The lowest BCUT2D eigenvalue weighted by Gasteiger charge is -2.21. The van der Waals surface area contributed by atoms with Crippen molar-refractivity contribution in [2.75, 3.05) is 0 Å². The zero-order valence-corrected chi connectivity index (χ0v) is 7.42. The summed E-state index contributed by atoms with van der Waals surface area (Å²) in [5.74, 6) is 3.01. The Labute approximate surface area is 74.4 Å². The Kier molecular flexibility index (Phi) is 1.44. The third kappa shape index (κ3) is 0.903. The Morgan fingerprint density at radius 3 is 2.83 bits per heavy atom. The van der Waals surface area contributed by atoms with Crippen LogP contribution in [0.1, 0.15) is 32.1 Å². The highest BCUT2D eigenvalue weighted by atomic mass is 14.4. The fraction of sp³-hybridized carbons (Fsp3) is 0.667. The summed E-state index contributed by atoms with van der Waals surface area (Å²) in [4.78, 5) is 0. The van der Waals surface area contributed by atoms with Crippen molar-refractivity contribution in [1.82, 2.24) is 0 Å². The fourth-order valence-electron chi connectivity index (χ4n) is 3.30. The van der Waals surface area contributed by atoms with Crippen molar-refractivity contribution in [3.63, 3.8) is 0 Å². The highest BCUT2D eigenvalue weighted by Gasteiger charge is 2.40. The molecule has 0 amide bonds. The molecule has 63 valence electrons. The second-order valence-electron chi connectivity index (χ2n) is 4.52. The third-order valence-electron chi connectivity index (χ3n) is 3.86. The van der Waals surface area contributed by atoms with Crippen LogP contribution < -0.4 is 0 Å². The smallest absolute Gasteiger partial charge is 0.00884 e. The van der Waals surface area contributed by atoms with Gasteiger partial charge < -0.3 is 0 Å². The van der Waals surface area contributed by atoms with Crippen LogP contribution in [0.15, 0.2) is 17.7 Å². The topological polar surface area (TPSA) is 0 Å². The first-order valence-corrected chi connectivity index (χ1v) is 5.21. The van der Waals surface area contributed by atoms with E-state index in [4.69, 9.17) is 0 Å². The second kappa shape index (κ2) is 2.48. The van der Waals surface area contributed by atoms with E-state index >= 15 is 0 Å². The predicted molar refractivity (Wildman–Crippen MR) is 49.5 cm³/mol. The van der Waals surface area contributed by atoms with Gasteiger partial charge in [-0.25, -0.2) is 0 Å². The van der Waals surface area contributed by atoms with Crippen LogP contribution in [0.4, 0.5) is 0 Å². The SMILES string of the molecule is [C]1=C(C2CC3CCC2C3)C=CC1. The van der Waals surface area contributed by atoms with Crippen LogP contribution in [0.2, 0.25) is 0 Å². The molecule has 0 N–H and O–H groups in total. The molecule has 3 aliphatic carbocycles. The maximum absolute atomic E-state index is 3.49. The van der Waals surface area contributed by atoms with Gasteiger partial charge in [-0.1, -0.05) is 18.6 Å². The minimum absolute atomic E-state index is 0.905. The average Bonchev–Trinajstić information content (AvgIpc) is 2.81. The van der Waals surface area contributed by atoms with E-state index in [9.17, 15) is 0 Å². The molecule has 2 fully saturated rings. The molecule has 3 atom stereocenters. The Hall–Kier alpha value is -0.520. The second-order valence-corrected chi connectivity index (χ2v) is 4.52. The van der Waals surface area contributed by atoms with Crippen LogP contribution in [-0.4, -0.2) is 0 Å². The number of hydrogen-bond donors (Lipinski definition) is 0. The molecule has 0 aromatic heterocycles. The predicted octanol–water partition coefficient (Wildman–Crippen LogP) is 3.11. The Bertz CT molecular complexity index is 247. The first-order chi connectivity index (χ1) is 5.93. The molecule has 0 nitrogen and oxygen atoms in total. The van der Waals surface area contributed by atoms with E-state index in [1.807, 2.05) is 0 Å². The molecule has 0 heteroatoms. The molecule has 2 saturated carbocycles. The molecule has 0 aliphatic heterocycles. The van der Waals surface area contributed by atoms with Gasteiger partial charge in [-0.15, -0.1) is 0 Å². The van der Waals surface area contributed by atoms with Gasteiger partial charge in [-0.05, 0) is 55.1 Å². The van der Waals surface area contributed by atoms with Crippen molar-refractivity contribution < 1.29 is 0 Å². The van der Waals surface area contributed by atoms with Gasteiger partial charge in [-0.3, -0.25) is 0 Å². The standard InChI is InChI=1S/C12H15/c1-2-4-10(3-1)12-8-9-5-6-11(12)7-9/h1,3,9,11-12H,2,5-8H2. The van der Waals surface area contributed by atoms with Gasteiger partial charge >= 0.3 is 0 Å². The average molecular weight is 159 g/mol. The molecule has 3 unspecified atom stereocenters. The van der Waals surface area contributed by atoms with E-state index in [1.165, 1.54) is 25.7 Å². The van der Waals surface area contributed by atoms with Gasteiger partial charge in [0.05, 0.1) is 0 Å². The van der Waals surface area contributed by atoms with E-state index < -0.39 is 0 Å². The lowest BCUT2D eigenvalue weighted by Crippen LogP contribution is -2.11. The van der Waals surface area contributed by atoms with Crippen molar-refractivity contribution in [2.45, 2.75) is 32.1 Å². The van der Waals surface area contributed by atoms with Gasteiger partial charge in [0.2, 0.25) is 0 Å². The number of fused-ring (bicyclic) bond motifs is 2. The Balaban J connectivity index is 1.82. The summed E-state index contributed by atoms with van der Waals surface area (Å²) in [5, 5.41) is 0. The van der Waals surface area contributed by atoms with E-state index in [0.29, 0.717) is 0 Å². The van der Waals surface area contributed by atoms with Crippen molar-refractivity contribution in [1.29, 1.82) is 0 Å².